The van der Waals surface area contributed by atoms with E-state index in [0.717, 1.165) is 39.3 Å². The second-order valence-electron chi connectivity index (χ2n) is 5.79. The molecule has 0 spiro atoms. The second kappa shape index (κ2) is 8.40. The molecule has 0 aliphatic carbocycles. The summed E-state index contributed by atoms with van der Waals surface area (Å²) in [5.41, 5.74) is 1.42. The molecule has 0 bridgehead atoms. The third-order valence-electron chi connectivity index (χ3n) is 4.13. The molecule has 2 unspecified atom stereocenters. The number of hydrogen-bond acceptors (Lipinski definition) is 3. The van der Waals surface area contributed by atoms with Gasteiger partial charge in [0.15, 0.2) is 0 Å². The van der Waals surface area contributed by atoms with Crippen LogP contribution in [0, 0.1) is 5.92 Å². The first kappa shape index (κ1) is 15.5. The van der Waals surface area contributed by atoms with Crippen molar-refractivity contribution < 1.29 is 4.74 Å². The van der Waals surface area contributed by atoms with Crippen LogP contribution >= 0.6 is 0 Å². The second-order valence-corrected chi connectivity index (χ2v) is 5.79. The van der Waals surface area contributed by atoms with Crippen molar-refractivity contribution >= 4 is 0 Å². The van der Waals surface area contributed by atoms with E-state index in [9.17, 15) is 0 Å². The summed E-state index contributed by atoms with van der Waals surface area (Å²) < 4.78 is 5.54. The zero-order valence-corrected chi connectivity index (χ0v) is 12.8. The predicted octanol–water partition coefficient (Wildman–Crippen LogP) is 2.18. The molecule has 0 amide bonds. The van der Waals surface area contributed by atoms with E-state index in [2.05, 4.69) is 54.5 Å². The van der Waals surface area contributed by atoms with Gasteiger partial charge in [0.25, 0.3) is 0 Å². The summed E-state index contributed by atoms with van der Waals surface area (Å²) in [6.07, 6.45) is 2.32. The number of ether oxygens (including phenoxy) is 1. The molecule has 0 aromatic heterocycles. The highest BCUT2D eigenvalue weighted by atomic mass is 16.5. The fourth-order valence-corrected chi connectivity index (χ4v) is 2.90. The molecule has 1 N–H and O–H groups in total. The Balaban J connectivity index is 1.77. The lowest BCUT2D eigenvalue weighted by Crippen LogP contribution is -2.45. The Labute approximate surface area is 123 Å². The molecule has 0 saturated carbocycles. The standard InChI is InChI=1S/C17H28N2O/c1-3-18-17(16-10-12-20-14-16)13-19(2)11-9-15-7-5-4-6-8-15/h4-8,16-18H,3,9-14H2,1-2H3. The van der Waals surface area contributed by atoms with E-state index in [1.54, 1.807) is 0 Å². The van der Waals surface area contributed by atoms with Crippen LogP contribution in [-0.4, -0.2) is 50.8 Å². The Morgan fingerprint density at radius 1 is 1.35 bits per heavy atom. The minimum absolute atomic E-state index is 0.559. The molecule has 1 aromatic carbocycles. The van der Waals surface area contributed by atoms with E-state index in [4.69, 9.17) is 4.74 Å². The summed E-state index contributed by atoms with van der Waals surface area (Å²) in [4.78, 5) is 2.44. The van der Waals surface area contributed by atoms with Gasteiger partial charge >= 0.3 is 0 Å². The molecule has 1 heterocycles. The highest BCUT2D eigenvalue weighted by molar-refractivity contribution is 5.14. The monoisotopic (exact) mass is 276 g/mol. The zero-order valence-electron chi connectivity index (χ0n) is 12.8. The average molecular weight is 276 g/mol. The van der Waals surface area contributed by atoms with Gasteiger partial charge in [-0.2, -0.15) is 0 Å². The molecule has 112 valence electrons. The number of nitrogens with one attached hydrogen (secondary N) is 1. The van der Waals surface area contributed by atoms with Crippen molar-refractivity contribution in [2.45, 2.75) is 25.8 Å². The van der Waals surface area contributed by atoms with E-state index >= 15 is 0 Å². The molecule has 3 heteroatoms. The van der Waals surface area contributed by atoms with Crippen molar-refractivity contribution in [3.05, 3.63) is 35.9 Å². The third-order valence-corrected chi connectivity index (χ3v) is 4.13. The minimum atomic E-state index is 0.559. The van der Waals surface area contributed by atoms with E-state index in [1.165, 1.54) is 12.0 Å². The van der Waals surface area contributed by atoms with Crippen LogP contribution in [0.3, 0.4) is 0 Å². The Bertz CT molecular complexity index is 363. The van der Waals surface area contributed by atoms with Crippen LogP contribution in [0.4, 0.5) is 0 Å². The summed E-state index contributed by atoms with van der Waals surface area (Å²) in [6.45, 7) is 7.29. The molecule has 1 saturated heterocycles. The van der Waals surface area contributed by atoms with Gasteiger partial charge in [-0.15, -0.1) is 0 Å². The van der Waals surface area contributed by atoms with Crippen molar-refractivity contribution in [2.75, 3.05) is 39.9 Å². The molecule has 2 rings (SSSR count). The van der Waals surface area contributed by atoms with E-state index in [0.29, 0.717) is 12.0 Å². The Morgan fingerprint density at radius 3 is 2.80 bits per heavy atom. The molecule has 3 nitrogen and oxygen atoms in total. The number of benzene rings is 1. The molecule has 20 heavy (non-hydrogen) atoms. The molecule has 1 aliphatic rings. The maximum atomic E-state index is 5.54. The predicted molar refractivity (Wildman–Crippen MR) is 84.0 cm³/mol. The first-order valence-corrected chi connectivity index (χ1v) is 7.83. The van der Waals surface area contributed by atoms with Crippen molar-refractivity contribution in [2.24, 2.45) is 5.92 Å². The molecule has 1 fully saturated rings. The van der Waals surface area contributed by atoms with Crippen LogP contribution in [0.5, 0.6) is 0 Å². The Kier molecular flexibility index (Phi) is 6.51. The summed E-state index contributed by atoms with van der Waals surface area (Å²) in [6, 6.07) is 11.3. The molecular weight excluding hydrogens is 248 g/mol. The fraction of sp³-hybridized carbons (Fsp3) is 0.647. The van der Waals surface area contributed by atoms with Crippen LogP contribution in [-0.2, 0) is 11.2 Å². The number of nitrogens with zero attached hydrogens (tertiary/aromatic N) is 1. The first-order valence-electron chi connectivity index (χ1n) is 7.83. The number of hydrogen-bond donors (Lipinski definition) is 1. The third kappa shape index (κ3) is 4.89. The van der Waals surface area contributed by atoms with Gasteiger partial charge in [-0.05, 0) is 32.0 Å². The van der Waals surface area contributed by atoms with Crippen LogP contribution < -0.4 is 5.32 Å². The van der Waals surface area contributed by atoms with Gasteiger partial charge in [0, 0.05) is 31.7 Å². The van der Waals surface area contributed by atoms with Gasteiger partial charge in [-0.1, -0.05) is 37.3 Å². The van der Waals surface area contributed by atoms with E-state index < -0.39 is 0 Å². The number of likely N-dealkylation sites (N-methyl/N-ethyl adjacent to an activating group) is 2. The fourth-order valence-electron chi connectivity index (χ4n) is 2.90. The van der Waals surface area contributed by atoms with Crippen molar-refractivity contribution in [3.8, 4) is 0 Å². The molecule has 1 aromatic rings. The van der Waals surface area contributed by atoms with Crippen LogP contribution in [0.25, 0.3) is 0 Å². The normalized spacial score (nSPS) is 20.4. The lowest BCUT2D eigenvalue weighted by molar-refractivity contribution is 0.167. The van der Waals surface area contributed by atoms with E-state index in [-0.39, 0.29) is 0 Å². The summed E-state index contributed by atoms with van der Waals surface area (Å²) in [5.74, 6) is 0.675. The molecular formula is C17H28N2O. The summed E-state index contributed by atoms with van der Waals surface area (Å²) >= 11 is 0. The van der Waals surface area contributed by atoms with Crippen LogP contribution in [0.15, 0.2) is 30.3 Å². The molecule has 0 radical (unpaired) electrons. The van der Waals surface area contributed by atoms with Gasteiger partial charge in [-0.25, -0.2) is 0 Å². The highest BCUT2D eigenvalue weighted by Gasteiger charge is 2.25. The van der Waals surface area contributed by atoms with Gasteiger partial charge in [-0.3, -0.25) is 0 Å². The van der Waals surface area contributed by atoms with Crippen LogP contribution in [0.2, 0.25) is 0 Å². The largest absolute Gasteiger partial charge is 0.381 e. The van der Waals surface area contributed by atoms with Gasteiger partial charge in [0.2, 0.25) is 0 Å². The van der Waals surface area contributed by atoms with Crippen molar-refractivity contribution in [1.82, 2.24) is 10.2 Å². The zero-order chi connectivity index (χ0) is 14.2. The maximum Gasteiger partial charge on any atom is 0.0510 e. The van der Waals surface area contributed by atoms with Crippen molar-refractivity contribution in [1.29, 1.82) is 0 Å². The smallest absolute Gasteiger partial charge is 0.0510 e. The van der Waals surface area contributed by atoms with Gasteiger partial charge < -0.3 is 15.0 Å². The van der Waals surface area contributed by atoms with Gasteiger partial charge in [0.05, 0.1) is 6.61 Å². The topological polar surface area (TPSA) is 24.5 Å². The lowest BCUT2D eigenvalue weighted by atomic mass is 9.98. The molecule has 2 atom stereocenters. The average Bonchev–Trinajstić information content (AvgIpc) is 3.00. The number of rotatable bonds is 8. The van der Waals surface area contributed by atoms with E-state index in [1.807, 2.05) is 0 Å². The van der Waals surface area contributed by atoms with Crippen molar-refractivity contribution in [3.63, 3.8) is 0 Å². The lowest BCUT2D eigenvalue weighted by Gasteiger charge is -2.28. The molecule has 1 aliphatic heterocycles. The quantitative estimate of drug-likeness (QED) is 0.787. The highest BCUT2D eigenvalue weighted by Crippen LogP contribution is 2.17. The Hall–Kier alpha value is -0.900. The SMILES string of the molecule is CCNC(CN(C)CCc1ccccc1)C1CCOC1. The summed E-state index contributed by atoms with van der Waals surface area (Å²) in [5, 5.41) is 3.63. The van der Waals surface area contributed by atoms with Gasteiger partial charge in [0.1, 0.15) is 0 Å². The minimum Gasteiger partial charge on any atom is -0.381 e. The Morgan fingerprint density at radius 2 is 2.15 bits per heavy atom. The maximum absolute atomic E-state index is 5.54. The first-order chi connectivity index (χ1) is 9.79. The van der Waals surface area contributed by atoms with Crippen LogP contribution in [0.1, 0.15) is 18.9 Å². The summed E-state index contributed by atoms with van der Waals surface area (Å²) in [7, 11) is 2.23.